The van der Waals surface area contributed by atoms with Gasteiger partial charge in [-0.05, 0) is 30.5 Å². The van der Waals surface area contributed by atoms with Crippen molar-refractivity contribution in [3.05, 3.63) is 69.9 Å². The summed E-state index contributed by atoms with van der Waals surface area (Å²) in [5.74, 6) is -5.21. The second-order valence-electron chi connectivity index (χ2n) is 7.91. The predicted molar refractivity (Wildman–Crippen MR) is 119 cm³/mol. The van der Waals surface area contributed by atoms with E-state index in [0.717, 1.165) is 10.4 Å². The molecule has 3 atom stereocenters. The van der Waals surface area contributed by atoms with E-state index in [-0.39, 0.29) is 12.5 Å². The number of carbonyl (C=O) groups is 2. The first kappa shape index (κ1) is 24.1. The van der Waals surface area contributed by atoms with E-state index in [1.54, 1.807) is 12.1 Å². The van der Waals surface area contributed by atoms with Gasteiger partial charge in [-0.3, -0.25) is 4.79 Å². The SMILES string of the molecule is COC(=O)c1ccc(CCCN2C(=O)C(F)(F)C[C@@H]2C=C[C@@H](O)[C@@H](C)c2ccccc2)s1. The van der Waals surface area contributed by atoms with Crippen LogP contribution in [0.15, 0.2) is 54.6 Å². The number of thiophene rings is 1. The second-order valence-corrected chi connectivity index (χ2v) is 9.08. The van der Waals surface area contributed by atoms with Crippen LogP contribution in [0.1, 0.15) is 45.8 Å². The Hall–Kier alpha value is -2.58. The molecule has 1 amide bonds. The molecule has 1 aromatic heterocycles. The Bertz CT molecular complexity index is 960. The van der Waals surface area contributed by atoms with Crippen LogP contribution in [-0.4, -0.2) is 53.6 Å². The molecule has 172 valence electrons. The van der Waals surface area contributed by atoms with E-state index in [9.17, 15) is 23.5 Å². The van der Waals surface area contributed by atoms with Gasteiger partial charge in [0.15, 0.2) is 0 Å². The molecule has 0 unspecified atom stereocenters. The van der Waals surface area contributed by atoms with Gasteiger partial charge in [-0.2, -0.15) is 8.78 Å². The number of rotatable bonds is 9. The molecule has 0 saturated carbocycles. The van der Waals surface area contributed by atoms with E-state index >= 15 is 0 Å². The van der Waals surface area contributed by atoms with Crippen molar-refractivity contribution < 1.29 is 28.2 Å². The van der Waals surface area contributed by atoms with Gasteiger partial charge in [-0.25, -0.2) is 4.79 Å². The van der Waals surface area contributed by atoms with Crippen molar-refractivity contribution in [3.8, 4) is 0 Å². The van der Waals surface area contributed by atoms with E-state index in [4.69, 9.17) is 0 Å². The summed E-state index contributed by atoms with van der Waals surface area (Å²) in [6.45, 7) is 2.03. The molecule has 0 spiro atoms. The molecule has 1 aliphatic rings. The van der Waals surface area contributed by atoms with Crippen LogP contribution in [0.25, 0.3) is 0 Å². The van der Waals surface area contributed by atoms with Gasteiger partial charge < -0.3 is 14.7 Å². The Morgan fingerprint density at radius 3 is 2.72 bits per heavy atom. The number of ether oxygens (including phenoxy) is 1. The Balaban J connectivity index is 1.61. The monoisotopic (exact) mass is 463 g/mol. The van der Waals surface area contributed by atoms with E-state index < -0.39 is 36.4 Å². The van der Waals surface area contributed by atoms with Gasteiger partial charge in [0.05, 0.1) is 19.3 Å². The normalized spacial score (nSPS) is 20.0. The van der Waals surface area contributed by atoms with Crippen molar-refractivity contribution in [3.63, 3.8) is 0 Å². The standard InChI is InChI=1S/C24H27F2NO4S/c1-16(17-7-4-3-5-8-17)20(28)12-10-18-15-24(25,26)23(30)27(18)14-6-9-19-11-13-21(32-19)22(29)31-2/h3-5,7-8,10-13,16,18,20,28H,6,9,14-15H2,1-2H3/t16-,18-,20+/m0/s1. The molecule has 5 nitrogen and oxygen atoms in total. The molecule has 2 aromatic rings. The number of likely N-dealkylation sites (tertiary alicyclic amines) is 1. The molecule has 1 aliphatic heterocycles. The molecular weight excluding hydrogens is 436 g/mol. The molecule has 1 aromatic carbocycles. The quantitative estimate of drug-likeness (QED) is 0.442. The number of halogens is 2. The Morgan fingerprint density at radius 1 is 1.31 bits per heavy atom. The van der Waals surface area contributed by atoms with E-state index in [1.165, 1.54) is 35.5 Å². The summed E-state index contributed by atoms with van der Waals surface area (Å²) in [4.78, 5) is 26.4. The first-order valence-corrected chi connectivity index (χ1v) is 11.3. The van der Waals surface area contributed by atoms with Crippen molar-refractivity contribution >= 4 is 23.2 Å². The predicted octanol–water partition coefficient (Wildman–Crippen LogP) is 4.42. The number of alkyl halides is 2. The molecule has 0 aliphatic carbocycles. The third-order valence-corrected chi connectivity index (χ3v) is 6.80. The number of aliphatic hydroxyl groups is 1. The second kappa shape index (κ2) is 10.4. The summed E-state index contributed by atoms with van der Waals surface area (Å²) >= 11 is 1.29. The molecule has 0 radical (unpaired) electrons. The fourth-order valence-corrected chi connectivity index (χ4v) is 4.74. The highest BCUT2D eigenvalue weighted by molar-refractivity contribution is 7.13. The van der Waals surface area contributed by atoms with Crippen LogP contribution in [0.4, 0.5) is 8.78 Å². The molecule has 1 saturated heterocycles. The summed E-state index contributed by atoms with van der Waals surface area (Å²) in [5.41, 5.74) is 0.941. The van der Waals surface area contributed by atoms with Crippen LogP contribution in [0.3, 0.4) is 0 Å². The number of aryl methyl sites for hydroxylation is 1. The van der Waals surface area contributed by atoms with Crippen LogP contribution in [0.5, 0.6) is 0 Å². The fraction of sp³-hybridized carbons (Fsp3) is 0.417. The molecule has 0 bridgehead atoms. The minimum atomic E-state index is -3.41. The number of carbonyl (C=O) groups excluding carboxylic acids is 2. The van der Waals surface area contributed by atoms with Gasteiger partial charge >= 0.3 is 11.9 Å². The number of hydrogen-bond donors (Lipinski definition) is 1. The highest BCUT2D eigenvalue weighted by Gasteiger charge is 2.52. The van der Waals surface area contributed by atoms with Crippen molar-refractivity contribution in [2.75, 3.05) is 13.7 Å². The lowest BCUT2D eigenvalue weighted by Crippen LogP contribution is -2.36. The lowest BCUT2D eigenvalue weighted by atomic mass is 9.94. The Labute approximate surface area is 190 Å². The van der Waals surface area contributed by atoms with Gasteiger partial charge in [-0.15, -0.1) is 11.3 Å². The van der Waals surface area contributed by atoms with E-state index in [1.807, 2.05) is 37.3 Å². The number of aliphatic hydroxyl groups excluding tert-OH is 1. The van der Waals surface area contributed by atoms with Crippen LogP contribution in [-0.2, 0) is 16.0 Å². The van der Waals surface area contributed by atoms with Gasteiger partial charge in [0, 0.05) is 23.8 Å². The van der Waals surface area contributed by atoms with E-state index in [2.05, 4.69) is 4.74 Å². The molecular formula is C24H27F2NO4S. The minimum absolute atomic E-state index is 0.166. The lowest BCUT2D eigenvalue weighted by molar-refractivity contribution is -0.148. The van der Waals surface area contributed by atoms with Gasteiger partial charge in [0.2, 0.25) is 0 Å². The molecule has 2 heterocycles. The van der Waals surface area contributed by atoms with Crippen molar-refractivity contribution in [1.29, 1.82) is 0 Å². The average molecular weight is 464 g/mol. The Morgan fingerprint density at radius 2 is 2.03 bits per heavy atom. The first-order chi connectivity index (χ1) is 15.2. The van der Waals surface area contributed by atoms with Crippen molar-refractivity contribution in [1.82, 2.24) is 4.90 Å². The molecule has 8 heteroatoms. The summed E-state index contributed by atoms with van der Waals surface area (Å²) in [6.07, 6.45) is 2.61. The number of benzene rings is 1. The highest BCUT2D eigenvalue weighted by Crippen LogP contribution is 2.35. The lowest BCUT2D eigenvalue weighted by Gasteiger charge is -2.22. The van der Waals surface area contributed by atoms with Crippen molar-refractivity contribution in [2.24, 2.45) is 0 Å². The maximum atomic E-state index is 14.1. The smallest absolute Gasteiger partial charge is 0.348 e. The topological polar surface area (TPSA) is 66.8 Å². The molecule has 1 fully saturated rings. The molecule has 32 heavy (non-hydrogen) atoms. The number of nitrogens with zero attached hydrogens (tertiary/aromatic N) is 1. The van der Waals surface area contributed by atoms with E-state index in [0.29, 0.717) is 17.7 Å². The van der Waals surface area contributed by atoms with Crippen LogP contribution < -0.4 is 0 Å². The zero-order valence-electron chi connectivity index (χ0n) is 18.0. The summed E-state index contributed by atoms with van der Waals surface area (Å²) in [5, 5.41) is 10.5. The number of esters is 1. The first-order valence-electron chi connectivity index (χ1n) is 10.5. The summed E-state index contributed by atoms with van der Waals surface area (Å²) in [7, 11) is 1.31. The van der Waals surface area contributed by atoms with Crippen molar-refractivity contribution in [2.45, 2.75) is 50.2 Å². The zero-order valence-corrected chi connectivity index (χ0v) is 18.9. The third-order valence-electron chi connectivity index (χ3n) is 5.68. The highest BCUT2D eigenvalue weighted by atomic mass is 32.1. The summed E-state index contributed by atoms with van der Waals surface area (Å²) in [6, 6.07) is 12.1. The maximum absolute atomic E-state index is 14.1. The van der Waals surface area contributed by atoms with Gasteiger partial charge in [0.1, 0.15) is 4.88 Å². The zero-order chi connectivity index (χ0) is 23.3. The number of hydrogen-bond acceptors (Lipinski definition) is 5. The maximum Gasteiger partial charge on any atom is 0.348 e. The van der Waals surface area contributed by atoms with Gasteiger partial charge in [0.25, 0.3) is 5.91 Å². The van der Waals surface area contributed by atoms with Crippen LogP contribution in [0.2, 0.25) is 0 Å². The number of amides is 1. The van der Waals surface area contributed by atoms with Gasteiger partial charge in [-0.1, -0.05) is 49.4 Å². The molecule has 1 N–H and O–H groups in total. The average Bonchev–Trinajstić information content (AvgIpc) is 3.35. The fourth-order valence-electron chi connectivity index (χ4n) is 3.77. The molecule has 3 rings (SSSR count). The largest absolute Gasteiger partial charge is 0.465 e. The Kier molecular flexibility index (Phi) is 7.79. The summed E-state index contributed by atoms with van der Waals surface area (Å²) < 4.78 is 32.9. The third kappa shape index (κ3) is 5.61. The van der Waals surface area contributed by atoms with Crippen LogP contribution in [0, 0.1) is 0 Å². The van der Waals surface area contributed by atoms with Crippen LogP contribution >= 0.6 is 11.3 Å². The minimum Gasteiger partial charge on any atom is -0.465 e. The number of methoxy groups -OCH3 is 1.